The number of thioether (sulfide) groups is 1. The number of nitrogens with one attached hydrogen (secondary N) is 1. The zero-order chi connectivity index (χ0) is 19.0. The number of carbonyl (C=O) groups excluding carboxylic acids is 1. The van der Waals surface area contributed by atoms with Crippen LogP contribution in [0, 0.1) is 5.82 Å². The number of hydroxylamine groups is 1. The predicted octanol–water partition coefficient (Wildman–Crippen LogP) is 3.75. The van der Waals surface area contributed by atoms with Crippen LogP contribution in [0.2, 0.25) is 0 Å². The van der Waals surface area contributed by atoms with Crippen molar-refractivity contribution in [2.24, 2.45) is 0 Å². The number of amides is 1. The van der Waals surface area contributed by atoms with E-state index in [-0.39, 0.29) is 5.82 Å². The molecule has 140 valence electrons. The molecule has 2 aromatic carbocycles. The van der Waals surface area contributed by atoms with Crippen molar-refractivity contribution in [2.75, 3.05) is 12.9 Å². The maximum absolute atomic E-state index is 13.8. The first-order valence-electron chi connectivity index (χ1n) is 8.61. The first-order chi connectivity index (χ1) is 13.1. The van der Waals surface area contributed by atoms with Crippen LogP contribution in [0.1, 0.15) is 27.2 Å². The van der Waals surface area contributed by atoms with E-state index >= 15 is 0 Å². The molecule has 2 N–H and O–H groups in total. The maximum Gasteiger partial charge on any atom is 0.274 e. The summed E-state index contributed by atoms with van der Waals surface area (Å²) in [7, 11) is 1.55. The van der Waals surface area contributed by atoms with Gasteiger partial charge in [0.1, 0.15) is 11.6 Å². The SMILES string of the molecule is COc1cc(C(=O)NO)ccc1Cn1c2c(c3cc(F)ccc31)CSCC2. The Morgan fingerprint density at radius 2 is 2.19 bits per heavy atom. The van der Waals surface area contributed by atoms with Gasteiger partial charge >= 0.3 is 0 Å². The third kappa shape index (κ3) is 3.17. The summed E-state index contributed by atoms with van der Waals surface area (Å²) >= 11 is 1.86. The van der Waals surface area contributed by atoms with Crippen LogP contribution < -0.4 is 10.2 Å². The molecule has 1 aromatic heterocycles. The van der Waals surface area contributed by atoms with Gasteiger partial charge in [-0.2, -0.15) is 11.8 Å². The zero-order valence-electron chi connectivity index (χ0n) is 14.8. The van der Waals surface area contributed by atoms with Crippen molar-refractivity contribution in [1.29, 1.82) is 0 Å². The molecule has 0 spiro atoms. The minimum Gasteiger partial charge on any atom is -0.496 e. The number of hydrogen-bond donors (Lipinski definition) is 2. The van der Waals surface area contributed by atoms with Crippen LogP contribution in [0.25, 0.3) is 10.9 Å². The summed E-state index contributed by atoms with van der Waals surface area (Å²) in [4.78, 5) is 11.6. The molecule has 3 aromatic rings. The van der Waals surface area contributed by atoms with Crippen LogP contribution in [0.5, 0.6) is 5.75 Å². The number of benzene rings is 2. The number of hydrogen-bond acceptors (Lipinski definition) is 4. The van der Waals surface area contributed by atoms with Gasteiger partial charge < -0.3 is 9.30 Å². The molecule has 7 heteroatoms. The highest BCUT2D eigenvalue weighted by Gasteiger charge is 2.21. The number of ether oxygens (including phenoxy) is 1. The Kier molecular flexibility index (Phi) is 4.80. The van der Waals surface area contributed by atoms with Gasteiger partial charge in [0.05, 0.1) is 13.7 Å². The fourth-order valence-corrected chi connectivity index (χ4v) is 4.68. The molecule has 4 rings (SSSR count). The summed E-state index contributed by atoms with van der Waals surface area (Å²) in [6.45, 7) is 0.562. The summed E-state index contributed by atoms with van der Waals surface area (Å²) in [6.07, 6.45) is 0.934. The lowest BCUT2D eigenvalue weighted by atomic mass is 10.1. The van der Waals surface area contributed by atoms with E-state index in [1.54, 1.807) is 30.8 Å². The average Bonchev–Trinajstić information content (AvgIpc) is 3.01. The van der Waals surface area contributed by atoms with E-state index in [9.17, 15) is 9.18 Å². The van der Waals surface area contributed by atoms with Crippen LogP contribution in [-0.2, 0) is 18.7 Å². The predicted molar refractivity (Wildman–Crippen MR) is 103 cm³/mol. The normalized spacial score (nSPS) is 13.4. The lowest BCUT2D eigenvalue weighted by Crippen LogP contribution is -2.18. The third-order valence-electron chi connectivity index (χ3n) is 4.96. The van der Waals surface area contributed by atoms with Gasteiger partial charge in [-0.1, -0.05) is 6.07 Å². The second-order valence-corrected chi connectivity index (χ2v) is 7.55. The van der Waals surface area contributed by atoms with Gasteiger partial charge in [0, 0.05) is 33.5 Å². The Morgan fingerprint density at radius 3 is 2.96 bits per heavy atom. The van der Waals surface area contributed by atoms with Gasteiger partial charge in [0.15, 0.2) is 0 Å². The lowest BCUT2D eigenvalue weighted by molar-refractivity contribution is 0.0706. The summed E-state index contributed by atoms with van der Waals surface area (Å²) < 4.78 is 21.5. The molecule has 0 unspecified atom stereocenters. The molecule has 1 aliphatic heterocycles. The molecule has 5 nitrogen and oxygen atoms in total. The van der Waals surface area contributed by atoms with Crippen molar-refractivity contribution < 1.29 is 19.1 Å². The minimum atomic E-state index is -0.587. The van der Waals surface area contributed by atoms with Crippen molar-refractivity contribution in [3.8, 4) is 5.75 Å². The number of nitrogens with zero attached hydrogens (tertiary/aromatic N) is 1. The Morgan fingerprint density at radius 1 is 1.33 bits per heavy atom. The molecule has 0 saturated carbocycles. The van der Waals surface area contributed by atoms with Crippen LogP contribution >= 0.6 is 11.8 Å². The van der Waals surface area contributed by atoms with Gasteiger partial charge in [-0.3, -0.25) is 10.0 Å². The molecule has 27 heavy (non-hydrogen) atoms. The highest BCUT2D eigenvalue weighted by atomic mass is 32.2. The van der Waals surface area contributed by atoms with Gasteiger partial charge in [-0.05, 0) is 48.1 Å². The number of fused-ring (bicyclic) bond motifs is 3. The van der Waals surface area contributed by atoms with Gasteiger partial charge in [0.25, 0.3) is 5.91 Å². The molecule has 2 heterocycles. The zero-order valence-corrected chi connectivity index (χ0v) is 15.6. The summed E-state index contributed by atoms with van der Waals surface area (Å²) in [6, 6.07) is 10.0. The van der Waals surface area contributed by atoms with Crippen molar-refractivity contribution in [2.45, 2.75) is 18.7 Å². The van der Waals surface area contributed by atoms with E-state index in [0.717, 1.165) is 34.4 Å². The van der Waals surface area contributed by atoms with Gasteiger partial charge in [-0.15, -0.1) is 0 Å². The standard InChI is InChI=1S/C20H19FN2O3S/c1-26-19-8-12(20(24)22-25)2-3-13(19)10-23-17-5-4-14(21)9-15(17)16-11-27-7-6-18(16)23/h2-5,8-9,25H,6-7,10-11H2,1H3,(H,22,24). The smallest absolute Gasteiger partial charge is 0.274 e. The molecule has 0 radical (unpaired) electrons. The molecule has 0 bridgehead atoms. The van der Waals surface area contributed by atoms with E-state index in [4.69, 9.17) is 9.94 Å². The number of carbonyl (C=O) groups is 1. The molecule has 0 atom stereocenters. The average molecular weight is 386 g/mol. The summed E-state index contributed by atoms with van der Waals surface area (Å²) in [5.74, 6) is 1.68. The Balaban J connectivity index is 1.81. The van der Waals surface area contributed by atoms with Gasteiger partial charge in [0.2, 0.25) is 0 Å². The maximum atomic E-state index is 13.8. The van der Waals surface area contributed by atoms with Crippen LogP contribution in [0.4, 0.5) is 4.39 Å². The third-order valence-corrected chi connectivity index (χ3v) is 5.94. The topological polar surface area (TPSA) is 63.5 Å². The monoisotopic (exact) mass is 386 g/mol. The number of rotatable bonds is 4. The van der Waals surface area contributed by atoms with E-state index in [1.165, 1.54) is 17.3 Å². The Hall–Kier alpha value is -2.51. The van der Waals surface area contributed by atoms with Crippen LogP contribution in [0.3, 0.4) is 0 Å². The highest BCUT2D eigenvalue weighted by molar-refractivity contribution is 7.98. The largest absolute Gasteiger partial charge is 0.496 e. The quantitative estimate of drug-likeness (QED) is 0.530. The van der Waals surface area contributed by atoms with E-state index in [2.05, 4.69) is 4.57 Å². The van der Waals surface area contributed by atoms with Crippen molar-refractivity contribution in [1.82, 2.24) is 10.0 Å². The molecule has 0 saturated heterocycles. The van der Waals surface area contributed by atoms with E-state index in [0.29, 0.717) is 17.9 Å². The first kappa shape index (κ1) is 17.9. The molecular weight excluding hydrogens is 367 g/mol. The van der Waals surface area contributed by atoms with Crippen LogP contribution in [0.15, 0.2) is 36.4 Å². The van der Waals surface area contributed by atoms with Crippen LogP contribution in [-0.4, -0.2) is 28.5 Å². The highest BCUT2D eigenvalue weighted by Crippen LogP contribution is 2.35. The summed E-state index contributed by atoms with van der Waals surface area (Å²) in [5, 5.41) is 9.79. The fraction of sp³-hybridized carbons (Fsp3) is 0.250. The second-order valence-electron chi connectivity index (χ2n) is 6.44. The van der Waals surface area contributed by atoms with E-state index in [1.807, 2.05) is 23.9 Å². The number of halogens is 1. The fourth-order valence-electron chi connectivity index (χ4n) is 3.67. The molecule has 0 aliphatic carbocycles. The number of aromatic nitrogens is 1. The number of methoxy groups -OCH3 is 1. The van der Waals surface area contributed by atoms with Crippen molar-refractivity contribution >= 4 is 28.6 Å². The van der Waals surface area contributed by atoms with Crippen molar-refractivity contribution in [3.05, 3.63) is 64.6 Å². The second kappa shape index (κ2) is 7.25. The molecule has 1 aliphatic rings. The molecular formula is C20H19FN2O3S. The Bertz CT molecular complexity index is 1030. The first-order valence-corrected chi connectivity index (χ1v) is 9.76. The van der Waals surface area contributed by atoms with E-state index < -0.39 is 5.91 Å². The molecule has 0 fully saturated rings. The van der Waals surface area contributed by atoms with Gasteiger partial charge in [-0.25, -0.2) is 9.87 Å². The summed E-state index contributed by atoms with van der Waals surface area (Å²) in [5.41, 5.74) is 6.30. The minimum absolute atomic E-state index is 0.227. The van der Waals surface area contributed by atoms with Crippen molar-refractivity contribution in [3.63, 3.8) is 0 Å². The molecule has 1 amide bonds. The Labute approximate surface area is 160 Å². The lowest BCUT2D eigenvalue weighted by Gasteiger charge is -2.17.